The second-order valence-corrected chi connectivity index (χ2v) is 9.17. The number of sulfonamides is 1. The van der Waals surface area contributed by atoms with Crippen molar-refractivity contribution in [2.24, 2.45) is 5.41 Å². The molecule has 6 nitrogen and oxygen atoms in total. The normalized spacial score (nSPS) is 28.1. The van der Waals surface area contributed by atoms with Crippen molar-refractivity contribution < 1.29 is 13.2 Å². The summed E-state index contributed by atoms with van der Waals surface area (Å²) in [6, 6.07) is 1.61. The Morgan fingerprint density at radius 1 is 1.45 bits per heavy atom. The summed E-state index contributed by atoms with van der Waals surface area (Å²) in [6.45, 7) is 9.39. The molecular weight excluding hydrogens is 302 g/mol. The molecule has 2 aliphatic rings. The van der Waals surface area contributed by atoms with Gasteiger partial charge in [0.25, 0.3) is 0 Å². The maximum Gasteiger partial charge on any atom is 0.246 e. The Morgan fingerprint density at radius 2 is 2.23 bits per heavy atom. The molecule has 22 heavy (non-hydrogen) atoms. The minimum atomic E-state index is -3.60. The predicted octanol–water partition coefficient (Wildman–Crippen LogP) is 1.24. The number of rotatable bonds is 1. The first-order valence-corrected chi connectivity index (χ1v) is 9.01. The Kier molecular flexibility index (Phi) is 3.70. The molecule has 1 aromatic heterocycles. The smallest absolute Gasteiger partial charge is 0.246 e. The summed E-state index contributed by atoms with van der Waals surface area (Å²) in [4.78, 5) is 6.34. The SMILES string of the molecule is CC(C)(C)CN1CCC2(COc3ccncc3S(=O)(=O)N2)C1. The number of likely N-dealkylation sites (tertiary alicyclic amines) is 1. The maximum atomic E-state index is 12.6. The summed E-state index contributed by atoms with van der Waals surface area (Å²) in [5.41, 5.74) is -0.369. The molecule has 2 aliphatic heterocycles. The van der Waals surface area contributed by atoms with Gasteiger partial charge in [-0.15, -0.1) is 0 Å². The third-order valence-electron chi connectivity index (χ3n) is 4.02. The molecule has 3 heterocycles. The van der Waals surface area contributed by atoms with Crippen LogP contribution in [0.4, 0.5) is 0 Å². The van der Waals surface area contributed by atoms with Gasteiger partial charge < -0.3 is 9.64 Å². The van der Waals surface area contributed by atoms with Crippen molar-refractivity contribution in [2.75, 3.05) is 26.2 Å². The van der Waals surface area contributed by atoms with E-state index in [1.165, 1.54) is 6.20 Å². The monoisotopic (exact) mass is 325 g/mol. The molecule has 1 aromatic rings. The van der Waals surface area contributed by atoms with Gasteiger partial charge in [-0.1, -0.05) is 20.8 Å². The summed E-state index contributed by atoms with van der Waals surface area (Å²) >= 11 is 0. The van der Waals surface area contributed by atoms with Crippen LogP contribution in [0.15, 0.2) is 23.4 Å². The van der Waals surface area contributed by atoms with Crippen LogP contribution in [-0.4, -0.2) is 50.1 Å². The van der Waals surface area contributed by atoms with Crippen LogP contribution in [0, 0.1) is 5.41 Å². The van der Waals surface area contributed by atoms with Crippen molar-refractivity contribution in [3.63, 3.8) is 0 Å². The van der Waals surface area contributed by atoms with E-state index in [1.807, 2.05) is 0 Å². The molecule has 0 radical (unpaired) electrons. The van der Waals surface area contributed by atoms with Gasteiger partial charge in [0.15, 0.2) is 0 Å². The fourth-order valence-electron chi connectivity index (χ4n) is 3.24. The topological polar surface area (TPSA) is 71.5 Å². The molecular formula is C15H23N3O3S. The van der Waals surface area contributed by atoms with Gasteiger partial charge in [-0.3, -0.25) is 4.98 Å². The molecule has 0 aliphatic carbocycles. The van der Waals surface area contributed by atoms with Crippen molar-refractivity contribution in [1.82, 2.24) is 14.6 Å². The van der Waals surface area contributed by atoms with E-state index in [1.54, 1.807) is 12.3 Å². The Bertz CT molecular complexity index is 669. The first kappa shape index (κ1) is 15.7. The van der Waals surface area contributed by atoms with Crippen molar-refractivity contribution >= 4 is 10.0 Å². The Labute approximate surface area is 131 Å². The third-order valence-corrected chi connectivity index (χ3v) is 5.61. The molecule has 1 atom stereocenters. The Morgan fingerprint density at radius 3 is 2.95 bits per heavy atom. The van der Waals surface area contributed by atoms with Gasteiger partial charge in [-0.2, -0.15) is 0 Å². The lowest BCUT2D eigenvalue weighted by molar-refractivity contribution is 0.179. The molecule has 0 amide bonds. The first-order chi connectivity index (χ1) is 10.2. The highest BCUT2D eigenvalue weighted by Crippen LogP contribution is 2.33. The fourth-order valence-corrected chi connectivity index (χ4v) is 4.74. The van der Waals surface area contributed by atoms with E-state index in [0.29, 0.717) is 18.9 Å². The van der Waals surface area contributed by atoms with Crippen LogP contribution in [0.25, 0.3) is 0 Å². The number of ether oxygens (including phenoxy) is 1. The lowest BCUT2D eigenvalue weighted by atomic mass is 9.96. The van der Waals surface area contributed by atoms with Crippen molar-refractivity contribution in [2.45, 2.75) is 37.6 Å². The maximum absolute atomic E-state index is 12.6. The van der Waals surface area contributed by atoms with Gasteiger partial charge >= 0.3 is 0 Å². The van der Waals surface area contributed by atoms with Crippen LogP contribution < -0.4 is 9.46 Å². The van der Waals surface area contributed by atoms with E-state index in [2.05, 4.69) is 35.4 Å². The van der Waals surface area contributed by atoms with Crippen LogP contribution in [0.5, 0.6) is 5.75 Å². The van der Waals surface area contributed by atoms with E-state index in [-0.39, 0.29) is 10.3 Å². The third kappa shape index (κ3) is 3.11. The standard InChI is InChI=1S/C15H23N3O3S/c1-14(2,3)9-18-7-5-15(10-18)11-21-12-4-6-16-8-13(12)22(19,20)17-15/h4,6,8,17H,5,7,9-11H2,1-3H3. The van der Waals surface area contributed by atoms with Crippen LogP contribution in [0.1, 0.15) is 27.2 Å². The van der Waals surface area contributed by atoms with Crippen LogP contribution >= 0.6 is 0 Å². The van der Waals surface area contributed by atoms with Crippen LogP contribution in [-0.2, 0) is 10.0 Å². The summed E-state index contributed by atoms with van der Waals surface area (Å²) < 4.78 is 33.9. The van der Waals surface area contributed by atoms with Gasteiger partial charge in [0.1, 0.15) is 17.3 Å². The van der Waals surface area contributed by atoms with Crippen LogP contribution in [0.3, 0.4) is 0 Å². The van der Waals surface area contributed by atoms with E-state index in [4.69, 9.17) is 4.74 Å². The van der Waals surface area contributed by atoms with Crippen molar-refractivity contribution in [1.29, 1.82) is 0 Å². The number of nitrogens with one attached hydrogen (secondary N) is 1. The predicted molar refractivity (Wildman–Crippen MR) is 83.3 cm³/mol. The minimum absolute atomic E-state index is 0.126. The van der Waals surface area contributed by atoms with Gasteiger partial charge in [0.2, 0.25) is 10.0 Å². The van der Waals surface area contributed by atoms with Gasteiger partial charge in [0, 0.05) is 25.8 Å². The zero-order valence-corrected chi connectivity index (χ0v) is 14.1. The lowest BCUT2D eigenvalue weighted by Crippen LogP contribution is -2.53. The molecule has 0 aromatic carbocycles. The Balaban J connectivity index is 1.84. The lowest BCUT2D eigenvalue weighted by Gasteiger charge is -2.30. The summed E-state index contributed by atoms with van der Waals surface area (Å²) in [5, 5.41) is 0. The first-order valence-electron chi connectivity index (χ1n) is 7.52. The number of hydrogen-bond acceptors (Lipinski definition) is 5. The van der Waals surface area contributed by atoms with E-state index in [0.717, 1.165) is 19.5 Å². The molecule has 1 unspecified atom stereocenters. The Hall–Kier alpha value is -1.18. The molecule has 122 valence electrons. The summed E-state index contributed by atoms with van der Waals surface area (Å²) in [5.74, 6) is 0.383. The highest BCUT2D eigenvalue weighted by molar-refractivity contribution is 7.89. The van der Waals surface area contributed by atoms with Crippen LogP contribution in [0.2, 0.25) is 0 Å². The number of fused-ring (bicyclic) bond motifs is 1. The molecule has 7 heteroatoms. The van der Waals surface area contributed by atoms with Gasteiger partial charge in [0.05, 0.1) is 11.7 Å². The largest absolute Gasteiger partial charge is 0.490 e. The number of pyridine rings is 1. The molecule has 0 saturated carbocycles. The number of nitrogens with zero attached hydrogens (tertiary/aromatic N) is 2. The van der Waals surface area contributed by atoms with Crippen molar-refractivity contribution in [3.05, 3.63) is 18.5 Å². The number of aromatic nitrogens is 1. The zero-order valence-electron chi connectivity index (χ0n) is 13.3. The average molecular weight is 325 g/mol. The molecule has 1 spiro atoms. The van der Waals surface area contributed by atoms with E-state index >= 15 is 0 Å². The zero-order chi connectivity index (χ0) is 16.0. The van der Waals surface area contributed by atoms with E-state index in [9.17, 15) is 8.42 Å². The molecule has 1 N–H and O–H groups in total. The highest BCUT2D eigenvalue weighted by Gasteiger charge is 2.45. The summed E-state index contributed by atoms with van der Waals surface area (Å²) in [6.07, 6.45) is 3.65. The molecule has 0 bridgehead atoms. The quantitative estimate of drug-likeness (QED) is 0.841. The minimum Gasteiger partial charge on any atom is -0.490 e. The second kappa shape index (κ2) is 5.18. The molecule has 1 fully saturated rings. The van der Waals surface area contributed by atoms with Gasteiger partial charge in [-0.25, -0.2) is 13.1 Å². The number of hydrogen-bond donors (Lipinski definition) is 1. The molecule has 3 rings (SSSR count). The molecule has 1 saturated heterocycles. The van der Waals surface area contributed by atoms with Gasteiger partial charge in [-0.05, 0) is 17.9 Å². The highest BCUT2D eigenvalue weighted by atomic mass is 32.2. The van der Waals surface area contributed by atoms with Crippen molar-refractivity contribution in [3.8, 4) is 5.75 Å². The second-order valence-electron chi connectivity index (χ2n) is 7.52. The fraction of sp³-hybridized carbons (Fsp3) is 0.667. The van der Waals surface area contributed by atoms with E-state index < -0.39 is 15.6 Å². The summed E-state index contributed by atoms with van der Waals surface area (Å²) in [7, 11) is -3.60. The average Bonchev–Trinajstić information content (AvgIpc) is 2.72.